The van der Waals surface area contributed by atoms with Gasteiger partial charge in [0, 0.05) is 43.0 Å². The summed E-state index contributed by atoms with van der Waals surface area (Å²) >= 11 is 0. The number of aromatic nitrogens is 2. The summed E-state index contributed by atoms with van der Waals surface area (Å²) in [5.41, 5.74) is 1.23. The van der Waals surface area contributed by atoms with E-state index in [4.69, 9.17) is 0 Å². The van der Waals surface area contributed by atoms with Crippen molar-refractivity contribution < 1.29 is 9.18 Å². The molecule has 0 unspecified atom stereocenters. The number of benzene rings is 1. The summed E-state index contributed by atoms with van der Waals surface area (Å²) in [5, 5.41) is 8.92. The van der Waals surface area contributed by atoms with Gasteiger partial charge in [0.2, 0.25) is 11.9 Å². The molecule has 0 atom stereocenters. The van der Waals surface area contributed by atoms with Crippen molar-refractivity contribution in [2.75, 3.05) is 30.3 Å². The zero-order valence-electron chi connectivity index (χ0n) is 14.3. The van der Waals surface area contributed by atoms with Gasteiger partial charge in [0.05, 0.1) is 0 Å². The highest BCUT2D eigenvalue weighted by atomic mass is 19.1. The van der Waals surface area contributed by atoms with E-state index < -0.39 is 0 Å². The third kappa shape index (κ3) is 6.21. The van der Waals surface area contributed by atoms with Crippen LogP contribution in [0, 0.1) is 12.7 Å². The van der Waals surface area contributed by atoms with Crippen molar-refractivity contribution in [3.05, 3.63) is 53.5 Å². The molecule has 1 amide bonds. The molecule has 0 saturated heterocycles. The molecule has 0 fully saturated rings. The van der Waals surface area contributed by atoms with Crippen molar-refractivity contribution in [2.45, 2.75) is 13.8 Å². The maximum absolute atomic E-state index is 13.4. The van der Waals surface area contributed by atoms with E-state index in [2.05, 4.69) is 25.9 Å². The van der Waals surface area contributed by atoms with Gasteiger partial charge in [-0.05, 0) is 26.0 Å². The monoisotopic (exact) mass is 343 g/mol. The van der Waals surface area contributed by atoms with Crippen LogP contribution < -0.4 is 16.0 Å². The Morgan fingerprint density at radius 3 is 2.76 bits per heavy atom. The van der Waals surface area contributed by atoms with Crippen molar-refractivity contribution in [2.24, 2.45) is 0 Å². The molecule has 0 aliphatic heterocycles. The van der Waals surface area contributed by atoms with Crippen LogP contribution >= 0.6 is 0 Å². The zero-order chi connectivity index (χ0) is 18.1. The first-order valence-corrected chi connectivity index (χ1v) is 8.12. The van der Waals surface area contributed by atoms with Crippen molar-refractivity contribution in [1.29, 1.82) is 0 Å². The molecule has 7 heteroatoms. The van der Waals surface area contributed by atoms with E-state index in [1.165, 1.54) is 18.2 Å². The molecule has 0 aliphatic rings. The Bertz CT molecular complexity index is 748. The molecule has 2 rings (SSSR count). The van der Waals surface area contributed by atoms with E-state index in [0.29, 0.717) is 30.4 Å². The van der Waals surface area contributed by atoms with Gasteiger partial charge in [0.1, 0.15) is 11.6 Å². The minimum atomic E-state index is -0.358. The first-order valence-electron chi connectivity index (χ1n) is 8.12. The van der Waals surface area contributed by atoms with Crippen LogP contribution in [0.5, 0.6) is 0 Å². The SMILES string of the molecule is CCNc1nc(C)cc(NCCNC(=O)/C=C/c2ccccc2F)n1. The lowest BCUT2D eigenvalue weighted by Gasteiger charge is -2.09. The van der Waals surface area contributed by atoms with Gasteiger partial charge in [0.15, 0.2) is 0 Å². The van der Waals surface area contributed by atoms with Crippen molar-refractivity contribution in [1.82, 2.24) is 15.3 Å². The van der Waals surface area contributed by atoms with Crippen LogP contribution in [-0.2, 0) is 4.79 Å². The van der Waals surface area contributed by atoms with Gasteiger partial charge in [-0.15, -0.1) is 0 Å². The lowest BCUT2D eigenvalue weighted by Crippen LogP contribution is -2.27. The van der Waals surface area contributed by atoms with Gasteiger partial charge < -0.3 is 16.0 Å². The summed E-state index contributed by atoms with van der Waals surface area (Å²) < 4.78 is 13.4. The predicted octanol–water partition coefficient (Wildman–Crippen LogP) is 2.60. The van der Waals surface area contributed by atoms with Gasteiger partial charge in [0.25, 0.3) is 0 Å². The molecule has 0 radical (unpaired) electrons. The number of nitrogens with zero attached hydrogens (tertiary/aromatic N) is 2. The fourth-order valence-electron chi connectivity index (χ4n) is 2.11. The molecule has 2 aromatic rings. The van der Waals surface area contributed by atoms with E-state index in [0.717, 1.165) is 12.2 Å². The van der Waals surface area contributed by atoms with Crippen molar-refractivity contribution in [3.63, 3.8) is 0 Å². The zero-order valence-corrected chi connectivity index (χ0v) is 14.3. The third-order valence-electron chi connectivity index (χ3n) is 3.24. The number of carbonyl (C=O) groups is 1. The molecule has 6 nitrogen and oxygen atoms in total. The number of amides is 1. The number of carbonyl (C=O) groups excluding carboxylic acids is 1. The van der Waals surface area contributed by atoms with Crippen LogP contribution in [0.15, 0.2) is 36.4 Å². The fourth-order valence-corrected chi connectivity index (χ4v) is 2.11. The van der Waals surface area contributed by atoms with Crippen molar-refractivity contribution in [3.8, 4) is 0 Å². The van der Waals surface area contributed by atoms with Gasteiger partial charge in [-0.1, -0.05) is 18.2 Å². The normalized spacial score (nSPS) is 10.7. The first kappa shape index (κ1) is 18.4. The van der Waals surface area contributed by atoms with Crippen molar-refractivity contribution >= 4 is 23.7 Å². The highest BCUT2D eigenvalue weighted by molar-refractivity contribution is 5.91. The van der Waals surface area contributed by atoms with Gasteiger partial charge >= 0.3 is 0 Å². The largest absolute Gasteiger partial charge is 0.368 e. The number of halogens is 1. The summed E-state index contributed by atoms with van der Waals surface area (Å²) in [4.78, 5) is 20.3. The van der Waals surface area contributed by atoms with E-state index in [9.17, 15) is 9.18 Å². The minimum absolute atomic E-state index is 0.280. The summed E-state index contributed by atoms with van der Waals surface area (Å²) in [7, 11) is 0. The maximum atomic E-state index is 13.4. The Morgan fingerprint density at radius 2 is 2.00 bits per heavy atom. The number of hydrogen-bond donors (Lipinski definition) is 3. The van der Waals surface area contributed by atoms with Crippen LogP contribution in [0.4, 0.5) is 16.2 Å². The summed E-state index contributed by atoms with van der Waals surface area (Å²) in [5.74, 6) is 0.627. The molecule has 0 saturated carbocycles. The smallest absolute Gasteiger partial charge is 0.244 e. The van der Waals surface area contributed by atoms with Crippen LogP contribution in [0.1, 0.15) is 18.2 Å². The minimum Gasteiger partial charge on any atom is -0.368 e. The average molecular weight is 343 g/mol. The molecule has 1 heterocycles. The number of anilines is 2. The molecule has 132 valence electrons. The van der Waals surface area contributed by atoms with Crippen LogP contribution in [-0.4, -0.2) is 35.5 Å². The molecule has 0 aliphatic carbocycles. The summed E-state index contributed by atoms with van der Waals surface area (Å²) in [6.45, 7) is 5.54. The lowest BCUT2D eigenvalue weighted by atomic mass is 10.2. The fraction of sp³-hybridized carbons (Fsp3) is 0.278. The van der Waals surface area contributed by atoms with E-state index in [1.54, 1.807) is 18.2 Å². The van der Waals surface area contributed by atoms with Gasteiger partial charge in [-0.2, -0.15) is 4.98 Å². The lowest BCUT2D eigenvalue weighted by molar-refractivity contribution is -0.116. The summed E-state index contributed by atoms with van der Waals surface area (Å²) in [6, 6.07) is 8.12. The molecule has 0 spiro atoms. The van der Waals surface area contributed by atoms with E-state index >= 15 is 0 Å². The Hall–Kier alpha value is -2.96. The molecule has 1 aromatic heterocycles. The van der Waals surface area contributed by atoms with E-state index in [-0.39, 0.29) is 11.7 Å². The number of nitrogens with one attached hydrogen (secondary N) is 3. The second-order valence-corrected chi connectivity index (χ2v) is 5.32. The third-order valence-corrected chi connectivity index (χ3v) is 3.24. The second kappa shape index (κ2) is 9.36. The summed E-state index contributed by atoms with van der Waals surface area (Å²) in [6.07, 6.45) is 2.77. The Kier molecular flexibility index (Phi) is 6.88. The Balaban J connectivity index is 1.77. The predicted molar refractivity (Wildman–Crippen MR) is 97.9 cm³/mol. The molecular weight excluding hydrogens is 321 g/mol. The van der Waals surface area contributed by atoms with Gasteiger partial charge in [-0.3, -0.25) is 4.79 Å². The number of aryl methyl sites for hydroxylation is 1. The highest BCUT2D eigenvalue weighted by Crippen LogP contribution is 2.09. The quantitative estimate of drug-likeness (QED) is 0.507. The Labute approximate surface area is 146 Å². The molecule has 0 bridgehead atoms. The molecule has 3 N–H and O–H groups in total. The molecule has 25 heavy (non-hydrogen) atoms. The van der Waals surface area contributed by atoms with Gasteiger partial charge in [-0.25, -0.2) is 9.37 Å². The highest BCUT2D eigenvalue weighted by Gasteiger charge is 2.02. The average Bonchev–Trinajstić information content (AvgIpc) is 2.58. The van der Waals surface area contributed by atoms with Crippen LogP contribution in [0.3, 0.4) is 0 Å². The van der Waals surface area contributed by atoms with Crippen LogP contribution in [0.2, 0.25) is 0 Å². The topological polar surface area (TPSA) is 78.9 Å². The molecule has 1 aromatic carbocycles. The number of hydrogen-bond acceptors (Lipinski definition) is 5. The van der Waals surface area contributed by atoms with E-state index in [1.807, 2.05) is 19.9 Å². The molecular formula is C18H22FN5O. The standard InChI is InChI=1S/C18H22FN5O/c1-3-20-18-23-13(2)12-16(24-18)21-10-11-22-17(25)9-8-14-6-4-5-7-15(14)19/h4-9,12H,3,10-11H2,1-2H3,(H,22,25)(H2,20,21,23,24)/b9-8+. The van der Waals surface area contributed by atoms with Crippen LogP contribution in [0.25, 0.3) is 6.08 Å². The Morgan fingerprint density at radius 1 is 1.20 bits per heavy atom. The second-order valence-electron chi connectivity index (χ2n) is 5.32. The maximum Gasteiger partial charge on any atom is 0.244 e. The number of rotatable bonds is 8. The first-order chi connectivity index (χ1) is 12.1.